The summed E-state index contributed by atoms with van der Waals surface area (Å²) in [5.74, 6) is -1.09. The predicted molar refractivity (Wildman–Crippen MR) is 96.1 cm³/mol. The number of rotatable bonds is 6. The highest BCUT2D eigenvalue weighted by Gasteiger charge is 2.23. The largest absolute Gasteiger partial charge is 0.420 e. The smallest absolute Gasteiger partial charge is 0.408 e. The summed E-state index contributed by atoms with van der Waals surface area (Å²) in [6.07, 6.45) is 0. The van der Waals surface area contributed by atoms with Gasteiger partial charge in [-0.1, -0.05) is 32.0 Å². The van der Waals surface area contributed by atoms with Crippen LogP contribution in [-0.4, -0.2) is 30.4 Å². The lowest BCUT2D eigenvalue weighted by Crippen LogP contribution is -2.30. The van der Waals surface area contributed by atoms with Crippen LogP contribution in [0.4, 0.5) is 4.39 Å². The molecule has 3 aromatic rings. The van der Waals surface area contributed by atoms with Gasteiger partial charge >= 0.3 is 5.76 Å². The van der Waals surface area contributed by atoms with Gasteiger partial charge in [0.1, 0.15) is 5.82 Å². The summed E-state index contributed by atoms with van der Waals surface area (Å²) in [5.41, 5.74) is 0.911. The third-order valence-electron chi connectivity index (χ3n) is 4.27. The molecule has 1 heterocycles. The van der Waals surface area contributed by atoms with Crippen molar-refractivity contribution in [2.45, 2.75) is 25.3 Å². The first-order valence-corrected chi connectivity index (χ1v) is 9.69. The number of hydrogen-bond acceptors (Lipinski definition) is 4. The summed E-state index contributed by atoms with van der Waals surface area (Å²) in [5, 5.41) is 0. The summed E-state index contributed by atoms with van der Waals surface area (Å²) in [6.45, 7) is 4.19. The fraction of sp³-hybridized carbons (Fsp3) is 0.278. The number of hydrogen-bond donors (Lipinski definition) is 0. The van der Waals surface area contributed by atoms with Crippen molar-refractivity contribution in [2.24, 2.45) is 0 Å². The van der Waals surface area contributed by atoms with E-state index in [1.165, 1.54) is 33.1 Å². The lowest BCUT2D eigenvalue weighted by atomic mass is 10.2. The Labute approximate surface area is 150 Å². The Morgan fingerprint density at radius 3 is 2.46 bits per heavy atom. The van der Waals surface area contributed by atoms with Crippen LogP contribution in [0.5, 0.6) is 0 Å². The molecular weight excluding hydrogens is 359 g/mol. The Hall–Kier alpha value is -2.45. The van der Waals surface area contributed by atoms with Crippen molar-refractivity contribution in [1.29, 1.82) is 0 Å². The minimum absolute atomic E-state index is 0.000643. The first-order valence-electron chi connectivity index (χ1n) is 8.25. The monoisotopic (exact) mass is 378 g/mol. The van der Waals surface area contributed by atoms with Gasteiger partial charge in [0.15, 0.2) is 5.58 Å². The summed E-state index contributed by atoms with van der Waals surface area (Å²) in [7, 11) is -3.66. The predicted octanol–water partition coefficient (Wildman–Crippen LogP) is 2.81. The quantitative estimate of drug-likeness (QED) is 0.661. The molecule has 8 heteroatoms. The van der Waals surface area contributed by atoms with E-state index in [1.54, 1.807) is 32.0 Å². The average molecular weight is 378 g/mol. The van der Waals surface area contributed by atoms with E-state index in [2.05, 4.69) is 0 Å². The molecule has 0 saturated carbocycles. The third-order valence-corrected chi connectivity index (χ3v) is 6.32. The van der Waals surface area contributed by atoms with E-state index in [0.29, 0.717) is 24.2 Å². The zero-order chi connectivity index (χ0) is 18.9. The zero-order valence-corrected chi connectivity index (χ0v) is 15.3. The molecule has 3 rings (SSSR count). The minimum Gasteiger partial charge on any atom is -0.408 e. The fourth-order valence-electron chi connectivity index (χ4n) is 2.87. The number of sulfonamides is 1. The molecule has 0 saturated heterocycles. The first kappa shape index (κ1) is 18.3. The first-order chi connectivity index (χ1) is 12.4. The summed E-state index contributed by atoms with van der Waals surface area (Å²) < 4.78 is 46.9. The second-order valence-corrected chi connectivity index (χ2v) is 7.70. The minimum atomic E-state index is -3.66. The summed E-state index contributed by atoms with van der Waals surface area (Å²) in [6, 6.07) is 10.4. The number of oxazole rings is 1. The van der Waals surface area contributed by atoms with Gasteiger partial charge in [-0.25, -0.2) is 17.6 Å². The van der Waals surface area contributed by atoms with Gasteiger partial charge in [0.25, 0.3) is 0 Å². The highest BCUT2D eigenvalue weighted by molar-refractivity contribution is 7.89. The number of fused-ring (bicyclic) bond motifs is 1. The van der Waals surface area contributed by atoms with Gasteiger partial charge in [-0.05, 0) is 18.2 Å². The molecule has 0 aliphatic rings. The normalized spacial score (nSPS) is 12.2. The van der Waals surface area contributed by atoms with Crippen molar-refractivity contribution in [1.82, 2.24) is 8.87 Å². The van der Waals surface area contributed by atoms with Gasteiger partial charge in [-0.15, -0.1) is 0 Å². The van der Waals surface area contributed by atoms with E-state index in [-0.39, 0.29) is 17.0 Å². The lowest BCUT2D eigenvalue weighted by molar-refractivity contribution is 0.445. The van der Waals surface area contributed by atoms with Gasteiger partial charge in [0, 0.05) is 24.7 Å². The number of aromatic nitrogens is 1. The molecule has 0 amide bonds. The molecule has 0 aliphatic carbocycles. The Balaban J connectivity index is 2.07. The highest BCUT2D eigenvalue weighted by atomic mass is 32.2. The lowest BCUT2D eigenvalue weighted by Gasteiger charge is -2.18. The molecule has 0 bridgehead atoms. The van der Waals surface area contributed by atoms with Crippen LogP contribution in [0.15, 0.2) is 56.6 Å². The molecule has 0 unspecified atom stereocenters. The third kappa shape index (κ3) is 3.17. The van der Waals surface area contributed by atoms with Crippen molar-refractivity contribution in [2.75, 3.05) is 13.1 Å². The van der Waals surface area contributed by atoms with Crippen LogP contribution in [0, 0.1) is 5.82 Å². The molecule has 2 aromatic carbocycles. The standard InChI is InChI=1S/C18H19FN2O4S/c1-3-20(4-2)26(23,24)14-9-10-16-17(11-14)25-18(22)21(16)12-13-7-5-6-8-15(13)19/h5-11H,3-4,12H2,1-2H3. The zero-order valence-electron chi connectivity index (χ0n) is 14.5. The van der Waals surface area contributed by atoms with Crippen LogP contribution < -0.4 is 5.76 Å². The molecular formula is C18H19FN2O4S. The van der Waals surface area contributed by atoms with Gasteiger partial charge in [0.2, 0.25) is 10.0 Å². The van der Waals surface area contributed by atoms with Crippen molar-refractivity contribution >= 4 is 21.1 Å². The molecule has 6 nitrogen and oxygen atoms in total. The van der Waals surface area contributed by atoms with E-state index in [0.717, 1.165) is 0 Å². The second-order valence-electron chi connectivity index (χ2n) is 5.76. The molecule has 0 fully saturated rings. The molecule has 1 aromatic heterocycles. The van der Waals surface area contributed by atoms with Gasteiger partial charge < -0.3 is 4.42 Å². The molecule has 0 spiro atoms. The van der Waals surface area contributed by atoms with Crippen LogP contribution >= 0.6 is 0 Å². The van der Waals surface area contributed by atoms with Crippen LogP contribution in [0.25, 0.3) is 11.1 Å². The SMILES string of the molecule is CCN(CC)S(=O)(=O)c1ccc2c(c1)oc(=O)n2Cc1ccccc1F. The maximum absolute atomic E-state index is 13.9. The van der Waals surface area contributed by atoms with E-state index in [1.807, 2.05) is 0 Å². The van der Waals surface area contributed by atoms with Crippen LogP contribution in [-0.2, 0) is 16.6 Å². The maximum atomic E-state index is 13.9. The van der Waals surface area contributed by atoms with Crippen LogP contribution in [0.2, 0.25) is 0 Å². The summed E-state index contributed by atoms with van der Waals surface area (Å²) in [4.78, 5) is 12.2. The van der Waals surface area contributed by atoms with E-state index in [9.17, 15) is 17.6 Å². The molecule has 0 radical (unpaired) electrons. The molecule has 0 N–H and O–H groups in total. The Morgan fingerprint density at radius 1 is 1.12 bits per heavy atom. The average Bonchev–Trinajstić information content (AvgIpc) is 2.92. The topological polar surface area (TPSA) is 72.5 Å². The molecule has 0 atom stereocenters. The van der Waals surface area contributed by atoms with Crippen molar-refractivity contribution in [3.8, 4) is 0 Å². The van der Waals surface area contributed by atoms with E-state index >= 15 is 0 Å². The highest BCUT2D eigenvalue weighted by Crippen LogP contribution is 2.22. The van der Waals surface area contributed by atoms with Crippen molar-refractivity contribution in [3.63, 3.8) is 0 Å². The van der Waals surface area contributed by atoms with Gasteiger partial charge in [-0.2, -0.15) is 4.31 Å². The number of benzene rings is 2. The molecule has 0 aliphatic heterocycles. The molecule has 26 heavy (non-hydrogen) atoms. The van der Waals surface area contributed by atoms with Crippen molar-refractivity contribution in [3.05, 3.63) is 64.4 Å². The van der Waals surface area contributed by atoms with Crippen LogP contribution in [0.1, 0.15) is 19.4 Å². The van der Waals surface area contributed by atoms with Gasteiger partial charge in [-0.3, -0.25) is 4.57 Å². The summed E-state index contributed by atoms with van der Waals surface area (Å²) >= 11 is 0. The van der Waals surface area contributed by atoms with Gasteiger partial charge in [0.05, 0.1) is 17.0 Å². The Kier molecular flexibility index (Phi) is 4.97. The van der Waals surface area contributed by atoms with E-state index < -0.39 is 21.6 Å². The second kappa shape index (κ2) is 7.05. The number of halogens is 1. The van der Waals surface area contributed by atoms with E-state index in [4.69, 9.17) is 4.42 Å². The van der Waals surface area contributed by atoms with Crippen LogP contribution in [0.3, 0.4) is 0 Å². The molecule has 138 valence electrons. The fourth-order valence-corrected chi connectivity index (χ4v) is 4.34. The maximum Gasteiger partial charge on any atom is 0.420 e. The number of nitrogens with zero attached hydrogens (tertiary/aromatic N) is 2. The Morgan fingerprint density at radius 2 is 1.81 bits per heavy atom. The Bertz CT molecular complexity index is 1100. The van der Waals surface area contributed by atoms with Crippen molar-refractivity contribution < 1.29 is 17.2 Å².